The van der Waals surface area contributed by atoms with Crippen molar-refractivity contribution in [3.05, 3.63) is 34.9 Å². The number of alkyl halides is 1. The molecule has 1 unspecified atom stereocenters. The Morgan fingerprint density at radius 2 is 1.77 bits per heavy atom. The number of aryl methyl sites for hydroxylation is 2. The zero-order chi connectivity index (χ0) is 10.0. The van der Waals surface area contributed by atoms with E-state index in [1.54, 1.807) is 0 Å². The summed E-state index contributed by atoms with van der Waals surface area (Å²) in [5.41, 5.74) is 3.74. The highest BCUT2D eigenvalue weighted by Gasteiger charge is 2.09. The lowest BCUT2D eigenvalue weighted by molar-refractivity contribution is 0.384. The Morgan fingerprint density at radius 3 is 2.23 bits per heavy atom. The van der Waals surface area contributed by atoms with Gasteiger partial charge in [-0.15, -0.1) is 11.6 Å². The number of nitrogens with zero attached hydrogens (tertiary/aromatic N) is 1. The molecule has 0 heterocycles. The number of benzene rings is 1. The summed E-state index contributed by atoms with van der Waals surface area (Å²) >= 11 is 6.19. The maximum Gasteiger partial charge on any atom is 0.110 e. The van der Waals surface area contributed by atoms with Gasteiger partial charge in [-0.05, 0) is 44.6 Å². The number of hydrogen-bond acceptors (Lipinski definition) is 1. The van der Waals surface area contributed by atoms with E-state index in [4.69, 9.17) is 11.6 Å². The van der Waals surface area contributed by atoms with Crippen molar-refractivity contribution >= 4 is 11.6 Å². The van der Waals surface area contributed by atoms with E-state index in [9.17, 15) is 0 Å². The fourth-order valence-corrected chi connectivity index (χ4v) is 1.35. The lowest BCUT2D eigenvalue weighted by Gasteiger charge is -2.18. The minimum Gasteiger partial charge on any atom is -0.290 e. The standard InChI is InChI=1S/C11H16ClN/c1-8-5-6-10(7-9(8)2)11(12)13(3)4/h5-7,11H,1-4H3. The van der Waals surface area contributed by atoms with Crippen molar-refractivity contribution in [2.75, 3.05) is 14.1 Å². The molecule has 0 saturated heterocycles. The largest absolute Gasteiger partial charge is 0.290 e. The Labute approximate surface area is 85.3 Å². The van der Waals surface area contributed by atoms with Crippen LogP contribution < -0.4 is 0 Å². The molecule has 0 aromatic heterocycles. The Hall–Kier alpha value is -0.530. The molecule has 0 N–H and O–H groups in total. The summed E-state index contributed by atoms with van der Waals surface area (Å²) < 4.78 is 0. The first-order valence-electron chi connectivity index (χ1n) is 4.40. The SMILES string of the molecule is Cc1ccc(C(Cl)N(C)C)cc1C. The van der Waals surface area contributed by atoms with Gasteiger partial charge in [0, 0.05) is 0 Å². The minimum atomic E-state index is -0.0284. The molecule has 0 aliphatic rings. The third kappa shape index (κ3) is 2.45. The molecule has 0 saturated carbocycles. The van der Waals surface area contributed by atoms with Crippen LogP contribution in [-0.4, -0.2) is 19.0 Å². The van der Waals surface area contributed by atoms with Crippen molar-refractivity contribution < 1.29 is 0 Å². The highest BCUT2D eigenvalue weighted by Crippen LogP contribution is 2.23. The summed E-state index contributed by atoms with van der Waals surface area (Å²) in [6.07, 6.45) is 0. The van der Waals surface area contributed by atoms with Crippen LogP contribution in [0, 0.1) is 13.8 Å². The molecule has 1 nitrogen and oxygen atoms in total. The molecular weight excluding hydrogens is 182 g/mol. The Kier molecular flexibility index (Phi) is 3.34. The highest BCUT2D eigenvalue weighted by molar-refractivity contribution is 6.20. The fraction of sp³-hybridized carbons (Fsp3) is 0.455. The van der Waals surface area contributed by atoms with Crippen molar-refractivity contribution in [2.24, 2.45) is 0 Å². The van der Waals surface area contributed by atoms with Crippen LogP contribution in [0.3, 0.4) is 0 Å². The van der Waals surface area contributed by atoms with Crippen LogP contribution in [0.15, 0.2) is 18.2 Å². The third-order valence-corrected chi connectivity index (χ3v) is 2.90. The van der Waals surface area contributed by atoms with Crippen molar-refractivity contribution in [1.82, 2.24) is 4.90 Å². The van der Waals surface area contributed by atoms with E-state index < -0.39 is 0 Å². The van der Waals surface area contributed by atoms with Gasteiger partial charge in [-0.25, -0.2) is 0 Å². The van der Waals surface area contributed by atoms with Crippen LogP contribution in [0.5, 0.6) is 0 Å². The monoisotopic (exact) mass is 197 g/mol. The molecule has 0 fully saturated rings. The van der Waals surface area contributed by atoms with Crippen LogP contribution in [0.4, 0.5) is 0 Å². The lowest BCUT2D eigenvalue weighted by atomic mass is 10.1. The van der Waals surface area contributed by atoms with Gasteiger partial charge in [0.25, 0.3) is 0 Å². The summed E-state index contributed by atoms with van der Waals surface area (Å²) in [4.78, 5) is 1.99. The summed E-state index contributed by atoms with van der Waals surface area (Å²) in [7, 11) is 3.96. The molecule has 13 heavy (non-hydrogen) atoms. The van der Waals surface area contributed by atoms with Gasteiger partial charge in [-0.3, -0.25) is 4.90 Å². The van der Waals surface area contributed by atoms with Gasteiger partial charge < -0.3 is 0 Å². The van der Waals surface area contributed by atoms with Crippen LogP contribution in [-0.2, 0) is 0 Å². The second kappa shape index (κ2) is 4.12. The lowest BCUT2D eigenvalue weighted by Crippen LogP contribution is -2.14. The molecule has 0 spiro atoms. The smallest absolute Gasteiger partial charge is 0.110 e. The van der Waals surface area contributed by atoms with E-state index in [1.807, 2.05) is 19.0 Å². The Morgan fingerprint density at radius 1 is 1.15 bits per heavy atom. The van der Waals surface area contributed by atoms with E-state index in [-0.39, 0.29) is 5.50 Å². The van der Waals surface area contributed by atoms with Gasteiger partial charge in [0.15, 0.2) is 0 Å². The maximum atomic E-state index is 6.19. The normalized spacial score (nSPS) is 13.4. The molecular formula is C11H16ClN. The molecule has 1 rings (SSSR count). The van der Waals surface area contributed by atoms with Crippen LogP contribution in [0.1, 0.15) is 22.2 Å². The van der Waals surface area contributed by atoms with E-state index in [0.717, 1.165) is 5.56 Å². The van der Waals surface area contributed by atoms with E-state index in [0.29, 0.717) is 0 Å². The molecule has 0 aliphatic heterocycles. The quantitative estimate of drug-likeness (QED) is 0.520. The summed E-state index contributed by atoms with van der Waals surface area (Å²) in [5.74, 6) is 0. The average Bonchev–Trinajstić information content (AvgIpc) is 2.08. The second-order valence-corrected chi connectivity index (χ2v) is 4.06. The van der Waals surface area contributed by atoms with Gasteiger partial charge in [0.05, 0.1) is 0 Å². The Bertz CT molecular complexity index is 294. The minimum absolute atomic E-state index is 0.0284. The highest BCUT2D eigenvalue weighted by atomic mass is 35.5. The van der Waals surface area contributed by atoms with Crippen LogP contribution >= 0.6 is 11.6 Å². The van der Waals surface area contributed by atoms with Crippen LogP contribution in [0.2, 0.25) is 0 Å². The molecule has 1 atom stereocenters. The first kappa shape index (κ1) is 10.6. The molecule has 0 amide bonds. The van der Waals surface area contributed by atoms with E-state index in [1.165, 1.54) is 11.1 Å². The average molecular weight is 198 g/mol. The van der Waals surface area contributed by atoms with Gasteiger partial charge in [0.2, 0.25) is 0 Å². The summed E-state index contributed by atoms with van der Waals surface area (Å²) in [5, 5.41) is 0. The molecule has 1 aromatic carbocycles. The topological polar surface area (TPSA) is 3.24 Å². The fourth-order valence-electron chi connectivity index (χ4n) is 1.21. The number of halogens is 1. The van der Waals surface area contributed by atoms with Crippen molar-refractivity contribution in [2.45, 2.75) is 19.3 Å². The van der Waals surface area contributed by atoms with Gasteiger partial charge in [0.1, 0.15) is 5.50 Å². The zero-order valence-corrected chi connectivity index (χ0v) is 9.39. The molecule has 1 aromatic rings. The maximum absolute atomic E-state index is 6.19. The van der Waals surface area contributed by atoms with E-state index in [2.05, 4.69) is 32.0 Å². The molecule has 0 bridgehead atoms. The van der Waals surface area contributed by atoms with Gasteiger partial charge in [-0.1, -0.05) is 18.2 Å². The first-order chi connectivity index (χ1) is 6.02. The van der Waals surface area contributed by atoms with Gasteiger partial charge >= 0.3 is 0 Å². The molecule has 72 valence electrons. The molecule has 2 heteroatoms. The van der Waals surface area contributed by atoms with Gasteiger partial charge in [-0.2, -0.15) is 0 Å². The third-order valence-electron chi connectivity index (χ3n) is 2.26. The Balaban J connectivity index is 2.97. The van der Waals surface area contributed by atoms with Crippen molar-refractivity contribution in [3.8, 4) is 0 Å². The summed E-state index contributed by atoms with van der Waals surface area (Å²) in [6, 6.07) is 6.34. The van der Waals surface area contributed by atoms with E-state index >= 15 is 0 Å². The predicted octanol–water partition coefficient (Wildman–Crippen LogP) is 3.10. The van der Waals surface area contributed by atoms with Crippen molar-refractivity contribution in [1.29, 1.82) is 0 Å². The second-order valence-electron chi connectivity index (χ2n) is 3.64. The molecule has 0 radical (unpaired) electrons. The van der Waals surface area contributed by atoms with Crippen LogP contribution in [0.25, 0.3) is 0 Å². The zero-order valence-electron chi connectivity index (χ0n) is 8.63. The summed E-state index contributed by atoms with van der Waals surface area (Å²) in [6.45, 7) is 4.22. The number of hydrogen-bond donors (Lipinski definition) is 0. The first-order valence-corrected chi connectivity index (χ1v) is 4.83. The van der Waals surface area contributed by atoms with Crippen molar-refractivity contribution in [3.63, 3.8) is 0 Å². The molecule has 0 aliphatic carbocycles. The predicted molar refractivity (Wildman–Crippen MR) is 58.2 cm³/mol. The number of rotatable bonds is 2.